The first kappa shape index (κ1) is 21.3. The Labute approximate surface area is 171 Å². The molecule has 3 rings (SSSR count). The molecule has 1 N–H and O–H groups in total. The van der Waals surface area contributed by atoms with Gasteiger partial charge in [-0.05, 0) is 31.2 Å². The van der Waals surface area contributed by atoms with E-state index in [0.29, 0.717) is 6.07 Å². The minimum atomic E-state index is -1.94. The van der Waals surface area contributed by atoms with E-state index < -0.39 is 58.6 Å². The Morgan fingerprint density at radius 1 is 1.17 bits per heavy atom. The van der Waals surface area contributed by atoms with Crippen LogP contribution in [0.3, 0.4) is 0 Å². The molecule has 1 aliphatic rings. The summed E-state index contributed by atoms with van der Waals surface area (Å²) in [6.07, 6.45) is -1.08. The summed E-state index contributed by atoms with van der Waals surface area (Å²) in [4.78, 5) is 17.9. The monoisotopic (exact) mass is 474 g/mol. The van der Waals surface area contributed by atoms with Crippen LogP contribution in [-0.4, -0.2) is 34.0 Å². The van der Waals surface area contributed by atoms with Gasteiger partial charge in [-0.1, -0.05) is 22.0 Å². The van der Waals surface area contributed by atoms with Crippen LogP contribution in [0, 0.1) is 23.3 Å². The molecule has 0 aromatic heterocycles. The predicted molar refractivity (Wildman–Crippen MR) is 101 cm³/mol. The van der Waals surface area contributed by atoms with Crippen LogP contribution >= 0.6 is 15.9 Å². The van der Waals surface area contributed by atoms with Gasteiger partial charge in [-0.3, -0.25) is 9.69 Å². The molecule has 1 aliphatic heterocycles. The summed E-state index contributed by atoms with van der Waals surface area (Å²) in [7, 11) is 0. The van der Waals surface area contributed by atoms with Gasteiger partial charge in [-0.25, -0.2) is 22.6 Å². The number of carbonyl (C=O) groups is 1. The lowest BCUT2D eigenvalue weighted by Gasteiger charge is -2.39. The highest BCUT2D eigenvalue weighted by Gasteiger charge is 2.51. The predicted octanol–water partition coefficient (Wildman–Crippen LogP) is 3.68. The summed E-state index contributed by atoms with van der Waals surface area (Å²) < 4.78 is 58.8. The molecule has 154 valence electrons. The SMILES string of the molecule is CC1N=C(OCc2ccc(F)cc2F)C(Br)(CO)C(=O)N1c1c(F)cccc1F. The van der Waals surface area contributed by atoms with Gasteiger partial charge in [0, 0.05) is 11.6 Å². The third-order valence-corrected chi connectivity index (χ3v) is 5.28. The van der Waals surface area contributed by atoms with E-state index >= 15 is 0 Å². The summed E-state index contributed by atoms with van der Waals surface area (Å²) in [6, 6.07) is 5.99. The van der Waals surface area contributed by atoms with Crippen molar-refractivity contribution in [1.82, 2.24) is 0 Å². The van der Waals surface area contributed by atoms with Crippen LogP contribution < -0.4 is 4.90 Å². The van der Waals surface area contributed by atoms with E-state index in [1.54, 1.807) is 0 Å². The average Bonchev–Trinajstić information content (AvgIpc) is 2.67. The lowest BCUT2D eigenvalue weighted by Crippen LogP contribution is -2.60. The lowest BCUT2D eigenvalue weighted by molar-refractivity contribution is -0.121. The van der Waals surface area contributed by atoms with Crippen molar-refractivity contribution in [1.29, 1.82) is 0 Å². The van der Waals surface area contributed by atoms with E-state index in [1.165, 1.54) is 6.92 Å². The second-order valence-electron chi connectivity index (χ2n) is 6.30. The number of anilines is 1. The van der Waals surface area contributed by atoms with Gasteiger partial charge < -0.3 is 9.84 Å². The number of para-hydroxylation sites is 1. The van der Waals surface area contributed by atoms with E-state index in [9.17, 15) is 27.5 Å². The maximum absolute atomic E-state index is 14.2. The third-order valence-electron chi connectivity index (χ3n) is 4.35. The Morgan fingerprint density at radius 3 is 2.41 bits per heavy atom. The molecule has 1 amide bonds. The van der Waals surface area contributed by atoms with E-state index in [2.05, 4.69) is 20.9 Å². The van der Waals surface area contributed by atoms with Crippen LogP contribution in [0.5, 0.6) is 0 Å². The number of benzene rings is 2. The first-order valence-corrected chi connectivity index (χ1v) is 9.20. The largest absolute Gasteiger partial charge is 0.474 e. The van der Waals surface area contributed by atoms with Crippen molar-refractivity contribution in [3.05, 3.63) is 65.2 Å². The highest BCUT2D eigenvalue weighted by molar-refractivity contribution is 9.10. The maximum atomic E-state index is 14.2. The molecule has 5 nitrogen and oxygen atoms in total. The topological polar surface area (TPSA) is 62.1 Å². The van der Waals surface area contributed by atoms with Crippen molar-refractivity contribution < 1.29 is 32.2 Å². The zero-order valence-corrected chi connectivity index (χ0v) is 16.6. The van der Waals surface area contributed by atoms with Crippen molar-refractivity contribution in [3.63, 3.8) is 0 Å². The summed E-state index contributed by atoms with van der Waals surface area (Å²) in [5.74, 6) is -4.80. The van der Waals surface area contributed by atoms with Crippen molar-refractivity contribution >= 4 is 33.4 Å². The van der Waals surface area contributed by atoms with Gasteiger partial charge in [0.25, 0.3) is 5.91 Å². The fourth-order valence-electron chi connectivity index (χ4n) is 2.86. The first-order chi connectivity index (χ1) is 13.7. The molecular formula is C19H15BrF4N2O3. The summed E-state index contributed by atoms with van der Waals surface area (Å²) in [6.45, 7) is 0.137. The molecule has 0 bridgehead atoms. The number of hydrogen-bond acceptors (Lipinski definition) is 4. The quantitative estimate of drug-likeness (QED) is 0.543. The molecule has 0 fully saturated rings. The summed E-state index contributed by atoms with van der Waals surface area (Å²) in [5, 5.41) is 9.80. The van der Waals surface area contributed by atoms with Crippen molar-refractivity contribution in [3.8, 4) is 0 Å². The number of amides is 1. The second kappa shape index (κ2) is 8.11. The minimum absolute atomic E-state index is 0.00966. The number of alkyl halides is 1. The number of ether oxygens (including phenoxy) is 1. The molecule has 0 radical (unpaired) electrons. The molecule has 1 heterocycles. The molecule has 0 aliphatic carbocycles. The number of hydrogen-bond donors (Lipinski definition) is 1. The lowest BCUT2D eigenvalue weighted by atomic mass is 10.0. The summed E-state index contributed by atoms with van der Waals surface area (Å²) in [5.41, 5.74) is -0.626. The Balaban J connectivity index is 1.95. The molecule has 2 atom stereocenters. The molecule has 0 saturated carbocycles. The normalized spacial score (nSPS) is 21.9. The number of rotatable bonds is 4. The Morgan fingerprint density at radius 2 is 1.83 bits per heavy atom. The molecule has 2 aromatic carbocycles. The Kier molecular flexibility index (Phi) is 5.95. The van der Waals surface area contributed by atoms with Gasteiger partial charge in [0.2, 0.25) is 10.2 Å². The molecule has 0 saturated heterocycles. The van der Waals surface area contributed by atoms with Crippen molar-refractivity contribution in [2.75, 3.05) is 11.5 Å². The molecule has 29 heavy (non-hydrogen) atoms. The number of nitrogens with zero attached hydrogens (tertiary/aromatic N) is 2. The third kappa shape index (κ3) is 3.86. The smallest absolute Gasteiger partial charge is 0.257 e. The fourth-order valence-corrected chi connectivity index (χ4v) is 3.27. The van der Waals surface area contributed by atoms with Gasteiger partial charge >= 0.3 is 0 Å². The molecule has 2 unspecified atom stereocenters. The molecule has 2 aromatic rings. The van der Waals surface area contributed by atoms with E-state index in [4.69, 9.17) is 4.74 Å². The number of carbonyl (C=O) groups excluding carboxylic acids is 1. The zero-order chi connectivity index (χ0) is 21.3. The Bertz CT molecular complexity index is 968. The Hall–Kier alpha value is -2.46. The number of aliphatic hydroxyl groups is 1. The van der Waals surface area contributed by atoms with Gasteiger partial charge in [-0.15, -0.1) is 0 Å². The van der Waals surface area contributed by atoms with Crippen LogP contribution in [0.25, 0.3) is 0 Å². The molecule has 10 heteroatoms. The van der Waals surface area contributed by atoms with Gasteiger partial charge in [0.15, 0.2) is 0 Å². The highest BCUT2D eigenvalue weighted by atomic mass is 79.9. The average molecular weight is 475 g/mol. The zero-order valence-electron chi connectivity index (χ0n) is 15.0. The minimum Gasteiger partial charge on any atom is -0.474 e. The summed E-state index contributed by atoms with van der Waals surface area (Å²) >= 11 is 3.05. The van der Waals surface area contributed by atoms with Gasteiger partial charge in [-0.2, -0.15) is 0 Å². The maximum Gasteiger partial charge on any atom is 0.257 e. The van der Waals surface area contributed by atoms with Gasteiger partial charge in [0.1, 0.15) is 41.7 Å². The van der Waals surface area contributed by atoms with Crippen LogP contribution in [-0.2, 0) is 16.1 Å². The van der Waals surface area contributed by atoms with Crippen molar-refractivity contribution in [2.24, 2.45) is 4.99 Å². The molecular weight excluding hydrogens is 460 g/mol. The first-order valence-electron chi connectivity index (χ1n) is 8.41. The van der Waals surface area contributed by atoms with Gasteiger partial charge in [0.05, 0.1) is 6.61 Å². The van der Waals surface area contributed by atoms with E-state index in [-0.39, 0.29) is 11.5 Å². The highest BCUT2D eigenvalue weighted by Crippen LogP contribution is 2.35. The van der Waals surface area contributed by atoms with Crippen LogP contribution in [0.4, 0.5) is 23.2 Å². The number of aliphatic imine (C=N–C) groups is 1. The fraction of sp³-hybridized carbons (Fsp3) is 0.263. The standard InChI is InChI=1S/C19H15BrF4N2O3/c1-10-25-17(29-8-11-5-6-12(21)7-15(11)24)19(20,9-27)18(28)26(10)16-13(22)3-2-4-14(16)23/h2-7,10,27H,8-9H2,1H3. The van der Waals surface area contributed by atoms with Crippen molar-refractivity contribution in [2.45, 2.75) is 24.0 Å². The van der Waals surface area contributed by atoms with E-state index in [0.717, 1.165) is 35.2 Å². The van der Waals surface area contributed by atoms with Crippen LogP contribution in [0.2, 0.25) is 0 Å². The number of halogens is 5. The molecule has 0 spiro atoms. The van der Waals surface area contributed by atoms with E-state index in [1.807, 2.05) is 0 Å². The van der Waals surface area contributed by atoms with Crippen LogP contribution in [0.1, 0.15) is 12.5 Å². The number of aliphatic hydroxyl groups excluding tert-OH is 1. The van der Waals surface area contributed by atoms with Crippen LogP contribution in [0.15, 0.2) is 41.4 Å². The second-order valence-corrected chi connectivity index (χ2v) is 7.65.